The third kappa shape index (κ3) is 3.75. The van der Waals surface area contributed by atoms with Gasteiger partial charge in [-0.15, -0.1) is 0 Å². The Morgan fingerprint density at radius 3 is 2.79 bits per heavy atom. The number of hydrogen-bond acceptors (Lipinski definition) is 4. The first-order chi connectivity index (χ1) is 9.10. The van der Waals surface area contributed by atoms with Gasteiger partial charge in [-0.1, -0.05) is 0 Å². The van der Waals surface area contributed by atoms with Crippen LogP contribution in [0, 0.1) is 5.82 Å². The molecule has 19 heavy (non-hydrogen) atoms. The molecule has 102 valence electrons. The first kappa shape index (κ1) is 13.5. The Hall–Kier alpha value is -1.95. The number of anilines is 1. The van der Waals surface area contributed by atoms with Crippen LogP contribution in [0.3, 0.4) is 0 Å². The number of halogens is 1. The Kier molecular flexibility index (Phi) is 4.11. The molecule has 2 N–H and O–H groups in total. The van der Waals surface area contributed by atoms with Crippen LogP contribution in [-0.2, 0) is 9.53 Å². The van der Waals surface area contributed by atoms with Gasteiger partial charge in [-0.05, 0) is 31.0 Å². The molecule has 0 saturated heterocycles. The van der Waals surface area contributed by atoms with Crippen molar-refractivity contribution < 1.29 is 18.7 Å². The van der Waals surface area contributed by atoms with Gasteiger partial charge in [-0.25, -0.2) is 9.18 Å². The third-order valence-electron chi connectivity index (χ3n) is 2.79. The number of methoxy groups -OCH3 is 1. The van der Waals surface area contributed by atoms with Crippen molar-refractivity contribution in [3.8, 4) is 0 Å². The minimum absolute atomic E-state index is 0.00210. The van der Waals surface area contributed by atoms with Gasteiger partial charge < -0.3 is 15.4 Å². The predicted octanol–water partition coefficient (Wildman–Crippen LogP) is 1.30. The fraction of sp³-hybridized carbons (Fsp3) is 0.385. The van der Waals surface area contributed by atoms with Gasteiger partial charge in [0.25, 0.3) is 0 Å². The molecular weight excluding hydrogens is 251 g/mol. The van der Waals surface area contributed by atoms with Crippen LogP contribution in [0.15, 0.2) is 18.2 Å². The Bertz CT molecular complexity index is 501. The molecule has 2 rings (SSSR count). The fourth-order valence-corrected chi connectivity index (χ4v) is 1.62. The maximum absolute atomic E-state index is 13.1. The van der Waals surface area contributed by atoms with E-state index in [0.29, 0.717) is 6.04 Å². The SMILES string of the molecule is COC(=O)c1cc(F)ccc1NC(=O)CNC1CC1. The van der Waals surface area contributed by atoms with Crippen molar-refractivity contribution in [2.24, 2.45) is 0 Å². The van der Waals surface area contributed by atoms with Crippen molar-refractivity contribution >= 4 is 17.6 Å². The Morgan fingerprint density at radius 2 is 2.16 bits per heavy atom. The number of nitrogens with one attached hydrogen (secondary N) is 2. The van der Waals surface area contributed by atoms with E-state index in [1.54, 1.807) is 0 Å². The van der Waals surface area contributed by atoms with Gasteiger partial charge in [-0.3, -0.25) is 4.79 Å². The van der Waals surface area contributed by atoms with E-state index in [1.165, 1.54) is 19.2 Å². The van der Waals surface area contributed by atoms with Crippen molar-refractivity contribution in [2.75, 3.05) is 19.0 Å². The van der Waals surface area contributed by atoms with Gasteiger partial charge in [0.1, 0.15) is 5.82 Å². The molecular formula is C13H15FN2O3. The topological polar surface area (TPSA) is 67.4 Å². The summed E-state index contributed by atoms with van der Waals surface area (Å²) >= 11 is 0. The summed E-state index contributed by atoms with van der Waals surface area (Å²) in [6.07, 6.45) is 2.16. The molecule has 0 unspecified atom stereocenters. The third-order valence-corrected chi connectivity index (χ3v) is 2.79. The summed E-state index contributed by atoms with van der Waals surface area (Å²) in [5.74, 6) is -1.52. The van der Waals surface area contributed by atoms with Gasteiger partial charge in [0.15, 0.2) is 0 Å². The number of hydrogen-bond donors (Lipinski definition) is 2. The maximum Gasteiger partial charge on any atom is 0.340 e. The molecule has 1 saturated carbocycles. The zero-order valence-electron chi connectivity index (χ0n) is 10.5. The van der Waals surface area contributed by atoms with Crippen LogP contribution in [0.5, 0.6) is 0 Å². The minimum atomic E-state index is -0.690. The predicted molar refractivity (Wildman–Crippen MR) is 67.4 cm³/mol. The lowest BCUT2D eigenvalue weighted by atomic mass is 10.1. The summed E-state index contributed by atoms with van der Waals surface area (Å²) in [5.41, 5.74) is 0.248. The summed E-state index contributed by atoms with van der Waals surface area (Å²) < 4.78 is 17.7. The molecule has 1 aromatic carbocycles. The molecule has 1 aromatic rings. The normalized spacial score (nSPS) is 14.0. The van der Waals surface area contributed by atoms with Gasteiger partial charge in [0.05, 0.1) is 24.9 Å². The fourth-order valence-electron chi connectivity index (χ4n) is 1.62. The van der Waals surface area contributed by atoms with E-state index in [1.807, 2.05) is 0 Å². The quantitative estimate of drug-likeness (QED) is 0.788. The van der Waals surface area contributed by atoms with Crippen LogP contribution < -0.4 is 10.6 Å². The molecule has 1 amide bonds. The van der Waals surface area contributed by atoms with E-state index in [-0.39, 0.29) is 23.7 Å². The average molecular weight is 266 g/mol. The van der Waals surface area contributed by atoms with Crippen LogP contribution in [0.1, 0.15) is 23.2 Å². The first-order valence-electron chi connectivity index (χ1n) is 6.01. The zero-order valence-corrected chi connectivity index (χ0v) is 10.5. The van der Waals surface area contributed by atoms with Gasteiger partial charge in [0, 0.05) is 6.04 Å². The summed E-state index contributed by atoms with van der Waals surface area (Å²) in [6.45, 7) is 0.169. The molecule has 0 radical (unpaired) electrons. The summed E-state index contributed by atoms with van der Waals surface area (Å²) in [7, 11) is 1.20. The van der Waals surface area contributed by atoms with Gasteiger partial charge in [-0.2, -0.15) is 0 Å². The lowest BCUT2D eigenvalue weighted by Gasteiger charge is -2.10. The highest BCUT2D eigenvalue weighted by Crippen LogP contribution is 2.19. The smallest absolute Gasteiger partial charge is 0.340 e. The maximum atomic E-state index is 13.1. The first-order valence-corrected chi connectivity index (χ1v) is 6.01. The van der Waals surface area contributed by atoms with E-state index < -0.39 is 11.8 Å². The van der Waals surface area contributed by atoms with Crippen molar-refractivity contribution in [1.82, 2.24) is 5.32 Å². The molecule has 0 atom stereocenters. The second-order valence-electron chi connectivity index (χ2n) is 4.38. The number of carbonyl (C=O) groups excluding carboxylic acids is 2. The molecule has 1 aliphatic carbocycles. The van der Waals surface area contributed by atoms with Crippen LogP contribution in [0.25, 0.3) is 0 Å². The molecule has 0 aromatic heterocycles. The van der Waals surface area contributed by atoms with Gasteiger partial charge in [0.2, 0.25) is 5.91 Å². The Labute approximate surface area is 110 Å². The zero-order chi connectivity index (χ0) is 13.8. The monoisotopic (exact) mass is 266 g/mol. The van der Waals surface area contributed by atoms with E-state index >= 15 is 0 Å². The second kappa shape index (κ2) is 5.79. The van der Waals surface area contributed by atoms with E-state index in [2.05, 4.69) is 15.4 Å². The molecule has 6 heteroatoms. The highest BCUT2D eigenvalue weighted by molar-refractivity contribution is 6.01. The number of rotatable bonds is 5. The highest BCUT2D eigenvalue weighted by Gasteiger charge is 2.21. The lowest BCUT2D eigenvalue weighted by molar-refractivity contribution is -0.115. The molecule has 0 heterocycles. The van der Waals surface area contributed by atoms with E-state index in [9.17, 15) is 14.0 Å². The summed E-state index contributed by atoms with van der Waals surface area (Å²) in [5, 5.41) is 5.62. The Balaban J connectivity index is 2.05. The van der Waals surface area contributed by atoms with Crippen molar-refractivity contribution in [2.45, 2.75) is 18.9 Å². The van der Waals surface area contributed by atoms with Gasteiger partial charge >= 0.3 is 5.97 Å². The number of ether oxygens (including phenoxy) is 1. The van der Waals surface area contributed by atoms with Crippen molar-refractivity contribution in [3.05, 3.63) is 29.6 Å². The lowest BCUT2D eigenvalue weighted by Crippen LogP contribution is -2.30. The molecule has 5 nitrogen and oxygen atoms in total. The van der Waals surface area contributed by atoms with Crippen LogP contribution >= 0.6 is 0 Å². The van der Waals surface area contributed by atoms with Crippen LogP contribution in [0.4, 0.5) is 10.1 Å². The summed E-state index contributed by atoms with van der Waals surface area (Å²) in [4.78, 5) is 23.2. The second-order valence-corrected chi connectivity index (χ2v) is 4.38. The molecule has 1 fully saturated rings. The number of carbonyl (C=O) groups is 2. The number of amides is 1. The van der Waals surface area contributed by atoms with Crippen molar-refractivity contribution in [3.63, 3.8) is 0 Å². The van der Waals surface area contributed by atoms with Crippen LogP contribution in [0.2, 0.25) is 0 Å². The minimum Gasteiger partial charge on any atom is -0.465 e. The van der Waals surface area contributed by atoms with E-state index in [4.69, 9.17) is 0 Å². The average Bonchev–Trinajstić information content (AvgIpc) is 3.21. The van der Waals surface area contributed by atoms with Crippen LogP contribution in [-0.4, -0.2) is 31.6 Å². The van der Waals surface area contributed by atoms with E-state index in [0.717, 1.165) is 18.9 Å². The number of esters is 1. The molecule has 1 aliphatic rings. The van der Waals surface area contributed by atoms with Crippen molar-refractivity contribution in [1.29, 1.82) is 0 Å². The standard InChI is InChI=1S/C13H15FN2O3/c1-19-13(18)10-6-8(14)2-5-11(10)16-12(17)7-15-9-3-4-9/h2,5-6,9,15H,3-4,7H2,1H3,(H,16,17). The highest BCUT2D eigenvalue weighted by atomic mass is 19.1. The largest absolute Gasteiger partial charge is 0.465 e. The number of benzene rings is 1. The molecule has 0 bridgehead atoms. The molecule has 0 aliphatic heterocycles. The molecule has 0 spiro atoms. The Morgan fingerprint density at radius 1 is 1.42 bits per heavy atom. The summed E-state index contributed by atoms with van der Waals surface area (Å²) in [6, 6.07) is 3.97.